The zero-order valence-electron chi connectivity index (χ0n) is 11.4. The standard InChI is InChI=1S/C14H13BrFNO3S/c1-9-3-5-11(16)8-12(9)17-21(18,19)14-7-10(15)4-6-13(14)20-2/h3-8,17H,1-2H3. The van der Waals surface area contributed by atoms with Crippen molar-refractivity contribution in [1.29, 1.82) is 0 Å². The molecule has 0 amide bonds. The molecule has 0 spiro atoms. The lowest BCUT2D eigenvalue weighted by Crippen LogP contribution is -2.15. The summed E-state index contributed by atoms with van der Waals surface area (Å²) in [5.41, 5.74) is 0.811. The summed E-state index contributed by atoms with van der Waals surface area (Å²) < 4.78 is 46.2. The molecular weight excluding hydrogens is 361 g/mol. The first-order valence-electron chi connectivity index (χ1n) is 5.96. The molecule has 0 saturated carbocycles. The van der Waals surface area contributed by atoms with Crippen molar-refractivity contribution < 1.29 is 17.5 Å². The van der Waals surface area contributed by atoms with E-state index in [9.17, 15) is 12.8 Å². The maximum atomic E-state index is 13.3. The number of ether oxygens (including phenoxy) is 1. The number of methoxy groups -OCH3 is 1. The molecule has 0 bridgehead atoms. The average molecular weight is 374 g/mol. The lowest BCUT2D eigenvalue weighted by atomic mass is 10.2. The van der Waals surface area contributed by atoms with Crippen molar-refractivity contribution >= 4 is 31.6 Å². The molecule has 0 saturated heterocycles. The Morgan fingerprint density at radius 1 is 1.19 bits per heavy atom. The average Bonchev–Trinajstić information content (AvgIpc) is 2.42. The van der Waals surface area contributed by atoms with Gasteiger partial charge in [0.1, 0.15) is 16.5 Å². The van der Waals surface area contributed by atoms with E-state index in [1.54, 1.807) is 13.0 Å². The minimum atomic E-state index is -3.89. The number of hydrogen-bond donors (Lipinski definition) is 1. The van der Waals surface area contributed by atoms with Gasteiger partial charge in [0.25, 0.3) is 10.0 Å². The van der Waals surface area contributed by atoms with Gasteiger partial charge in [-0.1, -0.05) is 22.0 Å². The topological polar surface area (TPSA) is 55.4 Å². The molecule has 0 aliphatic heterocycles. The van der Waals surface area contributed by atoms with E-state index in [0.717, 1.165) is 6.07 Å². The van der Waals surface area contributed by atoms with Gasteiger partial charge in [-0.25, -0.2) is 12.8 Å². The zero-order valence-corrected chi connectivity index (χ0v) is 13.8. The third kappa shape index (κ3) is 3.54. The van der Waals surface area contributed by atoms with E-state index < -0.39 is 15.8 Å². The molecule has 21 heavy (non-hydrogen) atoms. The fourth-order valence-corrected chi connectivity index (χ4v) is 3.59. The Kier molecular flexibility index (Phi) is 4.53. The number of benzene rings is 2. The van der Waals surface area contributed by atoms with Crippen LogP contribution >= 0.6 is 15.9 Å². The first kappa shape index (κ1) is 15.8. The van der Waals surface area contributed by atoms with Gasteiger partial charge in [-0.2, -0.15) is 0 Å². The monoisotopic (exact) mass is 373 g/mol. The predicted octanol–water partition coefficient (Wildman–Crippen LogP) is 3.71. The first-order chi connectivity index (χ1) is 9.83. The number of hydrogen-bond acceptors (Lipinski definition) is 3. The number of aryl methyl sites for hydroxylation is 1. The van der Waals surface area contributed by atoms with E-state index in [4.69, 9.17) is 4.74 Å². The summed E-state index contributed by atoms with van der Waals surface area (Å²) in [6.07, 6.45) is 0. The number of halogens is 2. The SMILES string of the molecule is COc1ccc(Br)cc1S(=O)(=O)Nc1cc(F)ccc1C. The van der Waals surface area contributed by atoms with Crippen molar-refractivity contribution in [2.75, 3.05) is 11.8 Å². The van der Waals surface area contributed by atoms with E-state index in [1.165, 1.54) is 31.4 Å². The predicted molar refractivity (Wildman–Crippen MR) is 82.6 cm³/mol. The second kappa shape index (κ2) is 6.03. The van der Waals surface area contributed by atoms with Gasteiger partial charge in [-0.05, 0) is 42.8 Å². The third-order valence-electron chi connectivity index (χ3n) is 2.86. The Morgan fingerprint density at radius 2 is 1.90 bits per heavy atom. The summed E-state index contributed by atoms with van der Waals surface area (Å²) in [6.45, 7) is 1.69. The second-order valence-corrected chi connectivity index (χ2v) is 6.93. The van der Waals surface area contributed by atoms with Gasteiger partial charge in [0.05, 0.1) is 12.8 Å². The minimum absolute atomic E-state index is 0.0250. The second-order valence-electron chi connectivity index (χ2n) is 4.36. The summed E-state index contributed by atoms with van der Waals surface area (Å²) in [4.78, 5) is -0.0250. The molecule has 7 heteroatoms. The Hall–Kier alpha value is -1.60. The van der Waals surface area contributed by atoms with Crippen LogP contribution in [0.4, 0.5) is 10.1 Å². The Balaban J connectivity index is 2.48. The fraction of sp³-hybridized carbons (Fsp3) is 0.143. The molecule has 0 aliphatic carbocycles. The largest absolute Gasteiger partial charge is 0.495 e. The molecule has 0 heterocycles. The normalized spacial score (nSPS) is 11.2. The van der Waals surface area contributed by atoms with Gasteiger partial charge in [0.15, 0.2) is 0 Å². The zero-order chi connectivity index (χ0) is 15.6. The van der Waals surface area contributed by atoms with Crippen molar-refractivity contribution in [3.8, 4) is 5.75 Å². The van der Waals surface area contributed by atoms with Crippen molar-refractivity contribution in [3.63, 3.8) is 0 Å². The first-order valence-corrected chi connectivity index (χ1v) is 8.23. The van der Waals surface area contributed by atoms with Crippen LogP contribution in [-0.4, -0.2) is 15.5 Å². The van der Waals surface area contributed by atoms with E-state index in [0.29, 0.717) is 10.0 Å². The molecule has 0 aromatic heterocycles. The highest BCUT2D eigenvalue weighted by molar-refractivity contribution is 9.10. The summed E-state index contributed by atoms with van der Waals surface area (Å²) in [5, 5.41) is 0. The highest BCUT2D eigenvalue weighted by Crippen LogP contribution is 2.29. The maximum Gasteiger partial charge on any atom is 0.265 e. The molecule has 1 N–H and O–H groups in total. The molecular formula is C14H13BrFNO3S. The van der Waals surface area contributed by atoms with Gasteiger partial charge < -0.3 is 4.74 Å². The van der Waals surface area contributed by atoms with Crippen LogP contribution in [0.25, 0.3) is 0 Å². The lowest BCUT2D eigenvalue weighted by molar-refractivity contribution is 0.403. The van der Waals surface area contributed by atoms with Crippen LogP contribution in [0.2, 0.25) is 0 Å². The number of nitrogens with one attached hydrogen (secondary N) is 1. The molecule has 112 valence electrons. The summed E-state index contributed by atoms with van der Waals surface area (Å²) in [5.74, 6) is -0.306. The summed E-state index contributed by atoms with van der Waals surface area (Å²) in [7, 11) is -2.50. The van der Waals surface area contributed by atoms with Gasteiger partial charge in [-0.3, -0.25) is 4.72 Å². The van der Waals surface area contributed by atoms with Crippen molar-refractivity contribution in [2.24, 2.45) is 0 Å². The van der Waals surface area contributed by atoms with Crippen molar-refractivity contribution in [2.45, 2.75) is 11.8 Å². The highest BCUT2D eigenvalue weighted by Gasteiger charge is 2.21. The Bertz CT molecular complexity index is 778. The molecule has 2 aromatic carbocycles. The fourth-order valence-electron chi connectivity index (χ4n) is 1.76. The highest BCUT2D eigenvalue weighted by atomic mass is 79.9. The summed E-state index contributed by atoms with van der Waals surface area (Å²) >= 11 is 3.22. The van der Waals surface area contributed by atoms with Gasteiger partial charge in [-0.15, -0.1) is 0 Å². The number of anilines is 1. The van der Waals surface area contributed by atoms with Gasteiger partial charge in [0, 0.05) is 4.47 Å². The maximum absolute atomic E-state index is 13.3. The van der Waals surface area contributed by atoms with Crippen LogP contribution in [0.15, 0.2) is 45.8 Å². The van der Waals surface area contributed by atoms with Crippen LogP contribution in [-0.2, 0) is 10.0 Å². The molecule has 0 unspecified atom stereocenters. The number of sulfonamides is 1. The molecule has 0 atom stereocenters. The van der Waals surface area contributed by atoms with Crippen LogP contribution in [0.5, 0.6) is 5.75 Å². The molecule has 0 fully saturated rings. The quantitative estimate of drug-likeness (QED) is 0.888. The molecule has 4 nitrogen and oxygen atoms in total. The molecule has 0 aliphatic rings. The van der Waals surface area contributed by atoms with E-state index in [-0.39, 0.29) is 16.3 Å². The minimum Gasteiger partial charge on any atom is -0.495 e. The van der Waals surface area contributed by atoms with Crippen molar-refractivity contribution in [3.05, 3.63) is 52.3 Å². The Morgan fingerprint density at radius 3 is 2.57 bits per heavy atom. The van der Waals surface area contributed by atoms with Crippen LogP contribution in [0, 0.1) is 12.7 Å². The summed E-state index contributed by atoms with van der Waals surface area (Å²) in [6, 6.07) is 8.55. The molecule has 2 rings (SSSR count). The molecule has 2 aromatic rings. The third-order valence-corrected chi connectivity index (χ3v) is 4.74. The van der Waals surface area contributed by atoms with E-state index in [2.05, 4.69) is 20.7 Å². The Labute approximate surface area is 131 Å². The number of rotatable bonds is 4. The van der Waals surface area contributed by atoms with E-state index >= 15 is 0 Å². The van der Waals surface area contributed by atoms with E-state index in [1.807, 2.05) is 0 Å². The smallest absolute Gasteiger partial charge is 0.265 e. The van der Waals surface area contributed by atoms with Gasteiger partial charge in [0.2, 0.25) is 0 Å². The molecule has 0 radical (unpaired) electrons. The van der Waals surface area contributed by atoms with Gasteiger partial charge >= 0.3 is 0 Å². The van der Waals surface area contributed by atoms with Crippen LogP contribution in [0.1, 0.15) is 5.56 Å². The van der Waals surface area contributed by atoms with Crippen molar-refractivity contribution in [1.82, 2.24) is 0 Å². The van der Waals surface area contributed by atoms with Crippen LogP contribution < -0.4 is 9.46 Å². The van der Waals surface area contributed by atoms with Crippen LogP contribution in [0.3, 0.4) is 0 Å². The lowest BCUT2D eigenvalue weighted by Gasteiger charge is -2.13.